The van der Waals surface area contributed by atoms with Crippen LogP contribution in [-0.4, -0.2) is 80.3 Å². The summed E-state index contributed by atoms with van der Waals surface area (Å²) in [7, 11) is 0. The van der Waals surface area contributed by atoms with Gasteiger partial charge in [0, 0.05) is 12.0 Å². The van der Waals surface area contributed by atoms with E-state index in [-0.39, 0.29) is 30.7 Å². The lowest BCUT2D eigenvalue weighted by Crippen LogP contribution is -2.31. The minimum atomic E-state index is -0.688. The summed E-state index contributed by atoms with van der Waals surface area (Å²) in [6.07, 6.45) is 17.9. The summed E-state index contributed by atoms with van der Waals surface area (Å²) < 4.78 is 11.1. The minimum absolute atomic E-state index is 0.217. The Kier molecular flexibility index (Phi) is 19.9. The Morgan fingerprint density at radius 3 is 1.74 bits per heavy atom. The van der Waals surface area contributed by atoms with Gasteiger partial charge in [-0.1, -0.05) is 90.4 Å². The molecule has 5 N–H and O–H groups in total. The van der Waals surface area contributed by atoms with Crippen LogP contribution in [0.5, 0.6) is 0 Å². The zero-order valence-electron chi connectivity index (χ0n) is 27.2. The van der Waals surface area contributed by atoms with Crippen molar-refractivity contribution in [2.45, 2.75) is 204 Å². The molecule has 2 aliphatic heterocycles. The Labute approximate surface area is 261 Å². The zero-order chi connectivity index (χ0) is 31.5. The van der Waals surface area contributed by atoms with Crippen molar-refractivity contribution in [1.82, 2.24) is 0 Å². The number of aliphatic hydroxyl groups is 5. The van der Waals surface area contributed by atoms with Gasteiger partial charge >= 0.3 is 5.97 Å². The third-order valence-corrected chi connectivity index (χ3v) is 9.16. The third-order valence-electron chi connectivity index (χ3n) is 9.16. The first-order valence-corrected chi connectivity index (χ1v) is 17.7. The van der Waals surface area contributed by atoms with Crippen LogP contribution in [0, 0.1) is 0 Å². The van der Waals surface area contributed by atoms with Crippen LogP contribution in [0.2, 0.25) is 0 Å². The van der Waals surface area contributed by atoms with Crippen molar-refractivity contribution >= 4 is 5.97 Å². The standard InChI is InChI=1S/C35H64O8/c1-3-4-5-6-7-8-9-10-11-15-18-31(39)33-21-22-34(43-33)32(40)20-19-30(38)25-29(37)17-14-12-13-16-28(36)24-27-23-26(2)42-35(27)41/h23,26,28-34,36-40H,3-22,24-25H2,1-2H3/t26-,28+,29-,30+,31+,32+,33+,34+/m0/s1. The normalized spacial score (nSPS) is 24.0. The van der Waals surface area contributed by atoms with Gasteiger partial charge < -0.3 is 35.0 Å². The molecule has 0 saturated carbocycles. The zero-order valence-corrected chi connectivity index (χ0v) is 27.2. The van der Waals surface area contributed by atoms with Crippen LogP contribution in [0.1, 0.15) is 155 Å². The fraction of sp³-hybridized carbons (Fsp3) is 0.914. The molecule has 0 radical (unpaired) electrons. The van der Waals surface area contributed by atoms with Crippen molar-refractivity contribution in [3.05, 3.63) is 11.6 Å². The van der Waals surface area contributed by atoms with E-state index in [0.29, 0.717) is 37.7 Å². The van der Waals surface area contributed by atoms with E-state index in [1.54, 1.807) is 13.0 Å². The highest BCUT2D eigenvalue weighted by molar-refractivity contribution is 5.90. The Bertz CT molecular complexity index is 758. The fourth-order valence-electron chi connectivity index (χ4n) is 6.45. The molecule has 0 amide bonds. The second-order valence-corrected chi connectivity index (χ2v) is 13.3. The van der Waals surface area contributed by atoms with Crippen molar-refractivity contribution in [3.63, 3.8) is 0 Å². The van der Waals surface area contributed by atoms with E-state index in [0.717, 1.165) is 51.4 Å². The van der Waals surface area contributed by atoms with E-state index in [9.17, 15) is 30.3 Å². The molecule has 0 aromatic heterocycles. The molecule has 252 valence electrons. The van der Waals surface area contributed by atoms with E-state index in [4.69, 9.17) is 9.47 Å². The summed E-state index contributed by atoms with van der Waals surface area (Å²) in [5.74, 6) is -0.339. The molecule has 8 heteroatoms. The van der Waals surface area contributed by atoms with Crippen LogP contribution in [0.4, 0.5) is 0 Å². The molecule has 8 nitrogen and oxygen atoms in total. The predicted molar refractivity (Wildman–Crippen MR) is 170 cm³/mol. The van der Waals surface area contributed by atoms with Gasteiger partial charge in [0.15, 0.2) is 0 Å². The highest BCUT2D eigenvalue weighted by Gasteiger charge is 2.34. The van der Waals surface area contributed by atoms with Crippen LogP contribution in [-0.2, 0) is 14.3 Å². The van der Waals surface area contributed by atoms with Gasteiger partial charge in [-0.25, -0.2) is 4.79 Å². The number of aliphatic hydroxyl groups excluding tert-OH is 5. The van der Waals surface area contributed by atoms with Crippen molar-refractivity contribution in [2.24, 2.45) is 0 Å². The van der Waals surface area contributed by atoms with Crippen molar-refractivity contribution in [2.75, 3.05) is 0 Å². The van der Waals surface area contributed by atoms with Gasteiger partial charge in [-0.05, 0) is 64.4 Å². The van der Waals surface area contributed by atoms with Gasteiger partial charge in [0.2, 0.25) is 0 Å². The highest BCUT2D eigenvalue weighted by atomic mass is 16.5. The number of ether oxygens (including phenoxy) is 2. The third kappa shape index (κ3) is 16.7. The lowest BCUT2D eigenvalue weighted by atomic mass is 9.97. The number of cyclic esters (lactones) is 1. The summed E-state index contributed by atoms with van der Waals surface area (Å²) in [4.78, 5) is 11.7. The molecule has 1 saturated heterocycles. The number of carbonyl (C=O) groups excluding carboxylic acids is 1. The minimum Gasteiger partial charge on any atom is -0.455 e. The van der Waals surface area contributed by atoms with Crippen LogP contribution >= 0.6 is 0 Å². The molecule has 8 atom stereocenters. The maximum absolute atomic E-state index is 11.7. The van der Waals surface area contributed by atoms with Crippen LogP contribution < -0.4 is 0 Å². The molecule has 0 aromatic rings. The number of hydrogen-bond donors (Lipinski definition) is 5. The van der Waals surface area contributed by atoms with Gasteiger partial charge in [-0.3, -0.25) is 0 Å². The van der Waals surface area contributed by atoms with Crippen molar-refractivity contribution in [1.29, 1.82) is 0 Å². The van der Waals surface area contributed by atoms with E-state index < -0.39 is 30.5 Å². The van der Waals surface area contributed by atoms with Crippen molar-refractivity contribution < 1.29 is 39.8 Å². The van der Waals surface area contributed by atoms with Crippen LogP contribution in [0.25, 0.3) is 0 Å². The summed E-state index contributed by atoms with van der Waals surface area (Å²) in [5.41, 5.74) is 0.547. The van der Waals surface area contributed by atoms with E-state index >= 15 is 0 Å². The summed E-state index contributed by atoms with van der Waals surface area (Å²) >= 11 is 0. The molecule has 1 fully saturated rings. The monoisotopic (exact) mass is 612 g/mol. The molecule has 0 unspecified atom stereocenters. The SMILES string of the molecule is CCCCCCCCCCCC[C@@H](O)[C@H]1CC[C@H]([C@H](O)CC[C@@H](O)C[C@@H](O)CCCCC[C@@H](O)CC2=C[C@H](C)OC2=O)O1. The second-order valence-electron chi connectivity index (χ2n) is 13.3. The summed E-state index contributed by atoms with van der Waals surface area (Å²) in [6, 6.07) is 0. The lowest BCUT2D eigenvalue weighted by molar-refractivity contribution is -0.139. The Morgan fingerprint density at radius 1 is 0.674 bits per heavy atom. The first-order valence-electron chi connectivity index (χ1n) is 17.7. The van der Waals surface area contributed by atoms with Gasteiger partial charge in [-0.2, -0.15) is 0 Å². The Hall–Kier alpha value is -1.03. The Balaban J connectivity index is 1.46. The van der Waals surface area contributed by atoms with Crippen LogP contribution in [0.15, 0.2) is 11.6 Å². The van der Waals surface area contributed by atoms with E-state index in [1.807, 2.05) is 0 Å². The lowest BCUT2D eigenvalue weighted by Gasteiger charge is -2.23. The highest BCUT2D eigenvalue weighted by Crippen LogP contribution is 2.28. The van der Waals surface area contributed by atoms with Gasteiger partial charge in [0.1, 0.15) is 6.10 Å². The quantitative estimate of drug-likeness (QED) is 0.0590. The predicted octanol–water partition coefficient (Wildman–Crippen LogP) is 6.03. The molecule has 2 rings (SSSR count). The largest absolute Gasteiger partial charge is 0.455 e. The number of unbranched alkanes of at least 4 members (excludes halogenated alkanes) is 11. The smallest absolute Gasteiger partial charge is 0.334 e. The summed E-state index contributed by atoms with van der Waals surface area (Å²) in [6.45, 7) is 4.04. The van der Waals surface area contributed by atoms with E-state index in [1.165, 1.54) is 51.4 Å². The topological polar surface area (TPSA) is 137 Å². The molecule has 0 aromatic carbocycles. The second kappa shape index (κ2) is 22.5. The maximum Gasteiger partial charge on any atom is 0.334 e. The number of rotatable bonds is 26. The molecule has 0 bridgehead atoms. The van der Waals surface area contributed by atoms with Gasteiger partial charge in [-0.15, -0.1) is 0 Å². The first-order chi connectivity index (χ1) is 20.7. The molecule has 2 aliphatic rings. The number of carbonyl (C=O) groups is 1. The summed E-state index contributed by atoms with van der Waals surface area (Å²) in [5, 5.41) is 52.1. The van der Waals surface area contributed by atoms with Crippen LogP contribution in [0.3, 0.4) is 0 Å². The first kappa shape index (κ1) is 38.2. The van der Waals surface area contributed by atoms with Crippen molar-refractivity contribution in [3.8, 4) is 0 Å². The maximum atomic E-state index is 11.7. The molecule has 2 heterocycles. The Morgan fingerprint density at radius 2 is 1.16 bits per heavy atom. The van der Waals surface area contributed by atoms with Gasteiger partial charge in [0.05, 0.1) is 42.7 Å². The molecular formula is C35H64O8. The molecular weight excluding hydrogens is 548 g/mol. The van der Waals surface area contributed by atoms with Gasteiger partial charge in [0.25, 0.3) is 0 Å². The number of esters is 1. The molecule has 0 spiro atoms. The fourth-order valence-corrected chi connectivity index (χ4v) is 6.45. The number of hydrogen-bond acceptors (Lipinski definition) is 8. The molecule has 0 aliphatic carbocycles. The average molecular weight is 613 g/mol. The van der Waals surface area contributed by atoms with E-state index in [2.05, 4.69) is 6.92 Å². The molecule has 43 heavy (non-hydrogen) atoms. The average Bonchev–Trinajstić information content (AvgIpc) is 3.58.